The van der Waals surface area contributed by atoms with Gasteiger partial charge in [0, 0.05) is 24.5 Å². The Morgan fingerprint density at radius 3 is 2.89 bits per heavy atom. The molecule has 0 radical (unpaired) electrons. The number of nitrogens with one attached hydrogen (secondary N) is 1. The van der Waals surface area contributed by atoms with Crippen LogP contribution >= 0.6 is 15.9 Å². The van der Waals surface area contributed by atoms with Crippen molar-refractivity contribution in [3.63, 3.8) is 0 Å². The minimum Gasteiger partial charge on any atom is -0.310 e. The summed E-state index contributed by atoms with van der Waals surface area (Å²) in [5.74, 6) is 0.855. The van der Waals surface area contributed by atoms with Gasteiger partial charge >= 0.3 is 0 Å². The number of aromatic nitrogens is 3. The van der Waals surface area contributed by atoms with E-state index in [2.05, 4.69) is 37.4 Å². The number of rotatable bonds is 4. The summed E-state index contributed by atoms with van der Waals surface area (Å²) in [5.41, 5.74) is 2.32. The fourth-order valence-corrected chi connectivity index (χ4v) is 2.14. The SMILES string of the molecule is Cc1nc(-n2cc(Br)cn2)ccc1CNC1CC1. The first-order valence-corrected chi connectivity index (χ1v) is 6.92. The highest BCUT2D eigenvalue weighted by Gasteiger charge is 2.20. The average molecular weight is 307 g/mol. The van der Waals surface area contributed by atoms with Crippen molar-refractivity contribution >= 4 is 15.9 Å². The summed E-state index contributed by atoms with van der Waals surface area (Å²) in [4.78, 5) is 4.59. The van der Waals surface area contributed by atoms with E-state index in [-0.39, 0.29) is 0 Å². The summed E-state index contributed by atoms with van der Waals surface area (Å²) in [6.45, 7) is 2.96. The Hall–Kier alpha value is -1.20. The predicted octanol–water partition coefficient (Wildman–Crippen LogP) is 2.59. The highest BCUT2D eigenvalue weighted by molar-refractivity contribution is 9.10. The second-order valence-electron chi connectivity index (χ2n) is 4.67. The average Bonchev–Trinajstić information content (AvgIpc) is 3.08. The third kappa shape index (κ3) is 2.62. The Morgan fingerprint density at radius 2 is 2.28 bits per heavy atom. The monoisotopic (exact) mass is 306 g/mol. The van der Waals surface area contributed by atoms with Gasteiger partial charge in [-0.1, -0.05) is 6.07 Å². The van der Waals surface area contributed by atoms with Crippen LogP contribution in [-0.4, -0.2) is 20.8 Å². The number of hydrogen-bond acceptors (Lipinski definition) is 3. The minimum absolute atomic E-state index is 0.728. The molecular weight excluding hydrogens is 292 g/mol. The molecule has 0 atom stereocenters. The van der Waals surface area contributed by atoms with Crippen molar-refractivity contribution in [2.75, 3.05) is 0 Å². The second kappa shape index (κ2) is 4.82. The van der Waals surface area contributed by atoms with E-state index >= 15 is 0 Å². The van der Waals surface area contributed by atoms with Crippen LogP contribution in [0.3, 0.4) is 0 Å². The predicted molar refractivity (Wildman–Crippen MR) is 73.7 cm³/mol. The molecule has 5 heteroatoms. The summed E-state index contributed by atoms with van der Waals surface area (Å²) in [5, 5.41) is 7.74. The molecule has 0 spiro atoms. The Balaban J connectivity index is 1.79. The molecule has 0 aromatic carbocycles. The van der Waals surface area contributed by atoms with Gasteiger partial charge in [0.25, 0.3) is 0 Å². The van der Waals surface area contributed by atoms with E-state index in [1.165, 1.54) is 18.4 Å². The molecule has 0 saturated heterocycles. The van der Waals surface area contributed by atoms with Crippen LogP contribution in [0.1, 0.15) is 24.1 Å². The van der Waals surface area contributed by atoms with E-state index in [0.29, 0.717) is 0 Å². The molecule has 2 heterocycles. The van der Waals surface area contributed by atoms with Crippen molar-refractivity contribution < 1.29 is 0 Å². The minimum atomic E-state index is 0.728. The highest BCUT2D eigenvalue weighted by atomic mass is 79.9. The summed E-state index contributed by atoms with van der Waals surface area (Å²) in [6, 6.07) is 4.87. The molecule has 2 aromatic heterocycles. The van der Waals surface area contributed by atoms with E-state index in [4.69, 9.17) is 0 Å². The summed E-state index contributed by atoms with van der Waals surface area (Å²) < 4.78 is 2.73. The second-order valence-corrected chi connectivity index (χ2v) is 5.59. The smallest absolute Gasteiger partial charge is 0.153 e. The number of halogens is 1. The fourth-order valence-electron chi connectivity index (χ4n) is 1.86. The van der Waals surface area contributed by atoms with Gasteiger partial charge < -0.3 is 5.32 Å². The van der Waals surface area contributed by atoms with E-state index in [1.54, 1.807) is 10.9 Å². The molecule has 3 rings (SSSR count). The summed E-state index contributed by atoms with van der Waals surface area (Å²) >= 11 is 3.39. The molecule has 0 bridgehead atoms. The Kier molecular flexibility index (Phi) is 3.18. The van der Waals surface area contributed by atoms with Gasteiger partial charge in [-0.2, -0.15) is 5.10 Å². The van der Waals surface area contributed by atoms with Crippen molar-refractivity contribution in [2.24, 2.45) is 0 Å². The zero-order chi connectivity index (χ0) is 12.5. The molecule has 94 valence electrons. The quantitative estimate of drug-likeness (QED) is 0.944. The van der Waals surface area contributed by atoms with Gasteiger partial charge in [-0.15, -0.1) is 0 Å². The van der Waals surface area contributed by atoms with E-state index in [1.807, 2.05) is 19.2 Å². The van der Waals surface area contributed by atoms with Crippen LogP contribution in [0.5, 0.6) is 0 Å². The molecule has 4 nitrogen and oxygen atoms in total. The molecule has 1 aliphatic carbocycles. The first-order chi connectivity index (χ1) is 8.72. The molecule has 1 N–H and O–H groups in total. The lowest BCUT2D eigenvalue weighted by molar-refractivity contribution is 0.681. The van der Waals surface area contributed by atoms with Crippen LogP contribution in [0.4, 0.5) is 0 Å². The maximum atomic E-state index is 4.59. The molecular formula is C13H15BrN4. The van der Waals surface area contributed by atoms with Crippen LogP contribution < -0.4 is 5.32 Å². The summed E-state index contributed by atoms with van der Waals surface area (Å²) in [6.07, 6.45) is 6.29. The van der Waals surface area contributed by atoms with Gasteiger partial charge in [0.15, 0.2) is 5.82 Å². The van der Waals surface area contributed by atoms with Crippen LogP contribution in [-0.2, 0) is 6.54 Å². The summed E-state index contributed by atoms with van der Waals surface area (Å²) in [7, 11) is 0. The lowest BCUT2D eigenvalue weighted by atomic mass is 10.2. The Morgan fingerprint density at radius 1 is 1.44 bits per heavy atom. The number of aryl methyl sites for hydroxylation is 1. The molecule has 1 fully saturated rings. The van der Waals surface area contributed by atoms with Gasteiger partial charge in [0.2, 0.25) is 0 Å². The zero-order valence-corrected chi connectivity index (χ0v) is 11.8. The van der Waals surface area contributed by atoms with E-state index < -0.39 is 0 Å². The largest absolute Gasteiger partial charge is 0.310 e. The molecule has 1 saturated carbocycles. The lowest BCUT2D eigenvalue weighted by Gasteiger charge is -2.08. The fraction of sp³-hybridized carbons (Fsp3) is 0.385. The molecule has 18 heavy (non-hydrogen) atoms. The lowest BCUT2D eigenvalue weighted by Crippen LogP contribution is -2.16. The van der Waals surface area contributed by atoms with Crippen LogP contribution in [0.15, 0.2) is 29.0 Å². The Labute approximate surface area is 115 Å². The van der Waals surface area contributed by atoms with Crippen molar-refractivity contribution in [3.8, 4) is 5.82 Å². The third-order valence-corrected chi connectivity index (χ3v) is 3.53. The van der Waals surface area contributed by atoms with Gasteiger partial charge in [-0.25, -0.2) is 9.67 Å². The molecule has 0 amide bonds. The number of hydrogen-bond donors (Lipinski definition) is 1. The topological polar surface area (TPSA) is 42.7 Å². The molecule has 0 unspecified atom stereocenters. The van der Waals surface area contributed by atoms with Crippen LogP contribution in [0.2, 0.25) is 0 Å². The maximum Gasteiger partial charge on any atom is 0.153 e. The Bertz CT molecular complexity index is 560. The van der Waals surface area contributed by atoms with Crippen molar-refractivity contribution in [3.05, 3.63) is 40.3 Å². The standard InChI is InChI=1S/C13H15BrN4/c1-9-10(6-15-12-3-4-12)2-5-13(17-9)18-8-11(14)7-16-18/h2,5,7-8,12,15H,3-4,6H2,1H3. The highest BCUT2D eigenvalue weighted by Crippen LogP contribution is 2.20. The van der Waals surface area contributed by atoms with Crippen LogP contribution in [0, 0.1) is 6.92 Å². The zero-order valence-electron chi connectivity index (χ0n) is 10.2. The molecule has 0 aliphatic heterocycles. The van der Waals surface area contributed by atoms with Crippen molar-refractivity contribution in [1.29, 1.82) is 0 Å². The van der Waals surface area contributed by atoms with Crippen LogP contribution in [0.25, 0.3) is 5.82 Å². The maximum absolute atomic E-state index is 4.59. The van der Waals surface area contributed by atoms with Gasteiger partial charge in [0.05, 0.1) is 10.7 Å². The van der Waals surface area contributed by atoms with Crippen molar-refractivity contribution in [1.82, 2.24) is 20.1 Å². The molecule has 1 aliphatic rings. The van der Waals surface area contributed by atoms with E-state index in [9.17, 15) is 0 Å². The first kappa shape index (κ1) is 11.9. The van der Waals surface area contributed by atoms with E-state index in [0.717, 1.165) is 28.6 Å². The van der Waals surface area contributed by atoms with Gasteiger partial charge in [-0.3, -0.25) is 0 Å². The van der Waals surface area contributed by atoms with Gasteiger partial charge in [-0.05, 0) is 47.3 Å². The number of pyridine rings is 1. The molecule has 2 aromatic rings. The van der Waals surface area contributed by atoms with Gasteiger partial charge in [0.1, 0.15) is 0 Å². The number of nitrogens with zero attached hydrogens (tertiary/aromatic N) is 3. The normalized spacial score (nSPS) is 15.0. The van der Waals surface area contributed by atoms with Crippen molar-refractivity contribution in [2.45, 2.75) is 32.4 Å². The first-order valence-electron chi connectivity index (χ1n) is 6.13. The third-order valence-electron chi connectivity index (χ3n) is 3.12.